The van der Waals surface area contributed by atoms with Gasteiger partial charge in [0.2, 0.25) is 0 Å². The maximum absolute atomic E-state index is 13.4. The molecule has 6 heteroatoms. The number of ether oxygens (including phenoxy) is 1. The van der Waals surface area contributed by atoms with E-state index in [0.29, 0.717) is 11.5 Å². The second kappa shape index (κ2) is 5.79. The highest BCUT2D eigenvalue weighted by molar-refractivity contribution is 9.10. The zero-order chi connectivity index (χ0) is 13.0. The number of hydrogen-bond donors (Lipinski definition) is 2. The molecule has 3 N–H and O–H groups in total. The number of nitrogens with one attached hydrogen (secondary N) is 1. The minimum absolute atomic E-state index is 0.170. The van der Waals surface area contributed by atoms with Gasteiger partial charge in [0.15, 0.2) is 11.6 Å². The van der Waals surface area contributed by atoms with E-state index in [9.17, 15) is 4.39 Å². The van der Waals surface area contributed by atoms with Crippen molar-refractivity contribution in [3.8, 4) is 5.75 Å². The van der Waals surface area contributed by atoms with E-state index < -0.39 is 5.82 Å². The summed E-state index contributed by atoms with van der Waals surface area (Å²) in [5.41, 5.74) is 3.10. The van der Waals surface area contributed by atoms with E-state index in [1.165, 1.54) is 6.07 Å². The number of rotatable bonds is 4. The first-order chi connectivity index (χ1) is 8.69. The van der Waals surface area contributed by atoms with Crippen molar-refractivity contribution in [1.29, 1.82) is 0 Å². The van der Waals surface area contributed by atoms with E-state index in [1.807, 2.05) is 0 Å². The van der Waals surface area contributed by atoms with Gasteiger partial charge in [0, 0.05) is 4.47 Å². The molecule has 4 nitrogen and oxygen atoms in total. The van der Waals surface area contributed by atoms with Crippen molar-refractivity contribution in [2.75, 3.05) is 5.43 Å². The Kier molecular flexibility index (Phi) is 4.11. The van der Waals surface area contributed by atoms with Gasteiger partial charge in [0.05, 0.1) is 5.69 Å². The number of aromatic nitrogens is 1. The van der Waals surface area contributed by atoms with Crippen molar-refractivity contribution in [2.45, 2.75) is 6.61 Å². The summed E-state index contributed by atoms with van der Waals surface area (Å²) >= 11 is 3.26. The largest absolute Gasteiger partial charge is 0.484 e. The molecule has 0 spiro atoms. The molecule has 94 valence electrons. The number of nitrogen functional groups attached to an aromatic ring is 1. The summed E-state index contributed by atoms with van der Waals surface area (Å²) in [6.07, 6.45) is 0. The van der Waals surface area contributed by atoms with Crippen LogP contribution in [0.15, 0.2) is 40.9 Å². The Bertz CT molecular complexity index is 551. The van der Waals surface area contributed by atoms with Crippen molar-refractivity contribution < 1.29 is 9.13 Å². The molecule has 0 aliphatic heterocycles. The lowest BCUT2D eigenvalue weighted by atomic mass is 10.3. The fraction of sp³-hybridized carbons (Fsp3) is 0.0833. The molecule has 0 aliphatic rings. The third-order valence-electron chi connectivity index (χ3n) is 2.22. The van der Waals surface area contributed by atoms with E-state index in [0.717, 1.165) is 4.47 Å². The monoisotopic (exact) mass is 311 g/mol. The van der Waals surface area contributed by atoms with E-state index in [2.05, 4.69) is 26.3 Å². The third kappa shape index (κ3) is 3.18. The molecule has 1 aromatic carbocycles. The van der Waals surface area contributed by atoms with Crippen LogP contribution < -0.4 is 16.0 Å². The van der Waals surface area contributed by atoms with Gasteiger partial charge in [-0.3, -0.25) is 0 Å². The van der Waals surface area contributed by atoms with Crippen molar-refractivity contribution >= 4 is 21.7 Å². The van der Waals surface area contributed by atoms with Crippen molar-refractivity contribution in [3.05, 3.63) is 52.4 Å². The van der Waals surface area contributed by atoms with Crippen molar-refractivity contribution in [3.63, 3.8) is 0 Å². The number of hydrogen-bond acceptors (Lipinski definition) is 4. The van der Waals surface area contributed by atoms with Gasteiger partial charge in [-0.1, -0.05) is 22.0 Å². The number of halogens is 2. The van der Waals surface area contributed by atoms with E-state index in [-0.39, 0.29) is 12.4 Å². The molecule has 2 aromatic rings. The zero-order valence-electron chi connectivity index (χ0n) is 9.36. The molecular weight excluding hydrogens is 301 g/mol. The highest BCUT2D eigenvalue weighted by atomic mass is 79.9. The lowest BCUT2D eigenvalue weighted by molar-refractivity contribution is 0.286. The molecule has 0 saturated carbocycles. The van der Waals surface area contributed by atoms with Crippen LogP contribution in [0.5, 0.6) is 5.75 Å². The van der Waals surface area contributed by atoms with Gasteiger partial charge in [-0.25, -0.2) is 15.2 Å². The fourth-order valence-corrected chi connectivity index (χ4v) is 1.72. The molecule has 0 unspecified atom stereocenters. The first-order valence-electron chi connectivity index (χ1n) is 5.19. The number of pyridine rings is 1. The summed E-state index contributed by atoms with van der Waals surface area (Å²) in [5, 5.41) is 0. The molecule has 0 bridgehead atoms. The molecule has 1 aromatic heterocycles. The number of hydrazine groups is 1. The first-order valence-corrected chi connectivity index (χ1v) is 5.99. The predicted molar refractivity (Wildman–Crippen MR) is 70.5 cm³/mol. The van der Waals surface area contributed by atoms with Gasteiger partial charge < -0.3 is 10.2 Å². The SMILES string of the molecule is NNc1cccc(COc2cc(Br)ccc2F)n1. The molecule has 0 amide bonds. The molecule has 2 rings (SSSR count). The highest BCUT2D eigenvalue weighted by Gasteiger charge is 2.05. The van der Waals surface area contributed by atoms with E-state index in [1.54, 1.807) is 30.3 Å². The van der Waals surface area contributed by atoms with Gasteiger partial charge in [-0.2, -0.15) is 0 Å². The summed E-state index contributed by atoms with van der Waals surface area (Å²) in [4.78, 5) is 4.16. The quantitative estimate of drug-likeness (QED) is 0.673. The van der Waals surface area contributed by atoms with Gasteiger partial charge in [0.1, 0.15) is 12.4 Å². The average Bonchev–Trinajstić information content (AvgIpc) is 2.40. The van der Waals surface area contributed by atoms with Gasteiger partial charge in [0.25, 0.3) is 0 Å². The lowest BCUT2D eigenvalue weighted by Crippen LogP contribution is -2.10. The Hall–Kier alpha value is -1.66. The van der Waals surface area contributed by atoms with Gasteiger partial charge in [-0.15, -0.1) is 0 Å². The third-order valence-corrected chi connectivity index (χ3v) is 2.72. The van der Waals surface area contributed by atoms with Crippen LogP contribution in [0, 0.1) is 5.82 Å². The predicted octanol–water partition coefficient (Wildman–Crippen LogP) is 2.85. The molecule has 0 saturated heterocycles. The van der Waals surface area contributed by atoms with E-state index >= 15 is 0 Å². The number of benzene rings is 1. The minimum atomic E-state index is -0.411. The molecule has 0 atom stereocenters. The molecule has 0 fully saturated rings. The molecule has 0 aliphatic carbocycles. The zero-order valence-corrected chi connectivity index (χ0v) is 10.9. The van der Waals surface area contributed by atoms with Crippen LogP contribution in [-0.4, -0.2) is 4.98 Å². The van der Waals surface area contributed by atoms with Crippen molar-refractivity contribution in [2.24, 2.45) is 5.84 Å². The smallest absolute Gasteiger partial charge is 0.165 e. The van der Waals surface area contributed by atoms with Crippen LogP contribution >= 0.6 is 15.9 Å². The lowest BCUT2D eigenvalue weighted by Gasteiger charge is -2.08. The number of nitrogens with zero attached hydrogens (tertiary/aromatic N) is 1. The summed E-state index contributed by atoms with van der Waals surface area (Å²) in [6.45, 7) is 0.170. The van der Waals surface area contributed by atoms with Gasteiger partial charge >= 0.3 is 0 Å². The maximum atomic E-state index is 13.4. The Labute approximate surface area is 112 Å². The van der Waals surface area contributed by atoms with E-state index in [4.69, 9.17) is 10.6 Å². The number of nitrogens with two attached hydrogens (primary N) is 1. The Morgan fingerprint density at radius 3 is 2.94 bits per heavy atom. The topological polar surface area (TPSA) is 60.2 Å². The highest BCUT2D eigenvalue weighted by Crippen LogP contribution is 2.23. The molecule has 1 heterocycles. The molecular formula is C12H11BrFN3O. The van der Waals surface area contributed by atoms with Crippen molar-refractivity contribution in [1.82, 2.24) is 4.98 Å². The Morgan fingerprint density at radius 1 is 1.33 bits per heavy atom. The fourth-order valence-electron chi connectivity index (χ4n) is 1.38. The Balaban J connectivity index is 2.08. The van der Waals surface area contributed by atoms with Crippen LogP contribution in [0.2, 0.25) is 0 Å². The minimum Gasteiger partial charge on any atom is -0.484 e. The summed E-state index contributed by atoms with van der Waals surface area (Å²) < 4.78 is 19.5. The average molecular weight is 312 g/mol. The number of anilines is 1. The van der Waals surface area contributed by atoms with Crippen LogP contribution in [-0.2, 0) is 6.61 Å². The maximum Gasteiger partial charge on any atom is 0.165 e. The van der Waals surface area contributed by atoms with Crippen LogP contribution in [0.3, 0.4) is 0 Å². The first kappa shape index (κ1) is 12.8. The normalized spacial score (nSPS) is 10.2. The standard InChI is InChI=1S/C12H11BrFN3O/c13-8-4-5-10(14)11(6-8)18-7-9-2-1-3-12(16-9)17-15/h1-6H,7,15H2,(H,16,17). The molecule has 0 radical (unpaired) electrons. The van der Waals surface area contributed by atoms with Gasteiger partial charge in [-0.05, 0) is 30.3 Å². The Morgan fingerprint density at radius 2 is 2.17 bits per heavy atom. The second-order valence-corrected chi connectivity index (χ2v) is 4.44. The van der Waals surface area contributed by atoms with Crippen LogP contribution in [0.4, 0.5) is 10.2 Å². The van der Waals surface area contributed by atoms with Crippen LogP contribution in [0.1, 0.15) is 5.69 Å². The van der Waals surface area contributed by atoms with Crippen LogP contribution in [0.25, 0.3) is 0 Å². The second-order valence-electron chi connectivity index (χ2n) is 3.52. The molecule has 18 heavy (non-hydrogen) atoms. The summed E-state index contributed by atoms with van der Waals surface area (Å²) in [5.74, 6) is 5.55. The summed E-state index contributed by atoms with van der Waals surface area (Å²) in [6, 6.07) is 9.81. The summed E-state index contributed by atoms with van der Waals surface area (Å²) in [7, 11) is 0.